The summed E-state index contributed by atoms with van der Waals surface area (Å²) in [7, 11) is 0. The van der Waals surface area contributed by atoms with E-state index in [9.17, 15) is 0 Å². The van der Waals surface area contributed by atoms with Crippen molar-refractivity contribution in [3.05, 3.63) is 0 Å². The summed E-state index contributed by atoms with van der Waals surface area (Å²) in [6.07, 6.45) is 0. The minimum absolute atomic E-state index is 0.113. The normalized spacial score (nSPS) is 29.8. The second-order valence-electron chi connectivity index (χ2n) is 3.52. The molecule has 0 aromatic rings. The maximum absolute atomic E-state index is 5.85. The summed E-state index contributed by atoms with van der Waals surface area (Å²) in [5.41, 5.74) is 11.4. The van der Waals surface area contributed by atoms with Crippen molar-refractivity contribution in [2.45, 2.75) is 19.0 Å². The minimum Gasteiger partial charge on any atom is -0.329 e. The summed E-state index contributed by atoms with van der Waals surface area (Å²) in [6, 6.07) is 0.597. The number of nitrogens with two attached hydrogens (primary N) is 2. The lowest BCUT2D eigenvalue weighted by atomic mass is 9.93. The van der Waals surface area contributed by atoms with E-state index in [0.717, 1.165) is 19.6 Å². The largest absolute Gasteiger partial charge is 0.329 e. The van der Waals surface area contributed by atoms with Gasteiger partial charge in [-0.3, -0.25) is 0 Å². The molecule has 3 atom stereocenters. The number of hydrogen-bond donors (Lipinski definition) is 4. The Balaban J connectivity index is 2.33. The first-order chi connectivity index (χ1) is 5.75. The minimum atomic E-state index is 0.113. The third kappa shape index (κ3) is 2.42. The van der Waals surface area contributed by atoms with E-state index in [1.165, 1.54) is 0 Å². The average molecular weight is 172 g/mol. The molecule has 4 nitrogen and oxygen atoms in total. The number of hydrogen-bond acceptors (Lipinski definition) is 4. The summed E-state index contributed by atoms with van der Waals surface area (Å²) in [5, 5.41) is 6.77. The molecule has 1 fully saturated rings. The zero-order valence-electron chi connectivity index (χ0n) is 7.72. The highest BCUT2D eigenvalue weighted by molar-refractivity contribution is 4.85. The Morgan fingerprint density at radius 1 is 1.50 bits per heavy atom. The summed E-state index contributed by atoms with van der Waals surface area (Å²) < 4.78 is 0. The lowest BCUT2D eigenvalue weighted by molar-refractivity contribution is 0.290. The second kappa shape index (κ2) is 4.77. The summed E-state index contributed by atoms with van der Waals surface area (Å²) in [4.78, 5) is 0. The van der Waals surface area contributed by atoms with Gasteiger partial charge in [0.1, 0.15) is 0 Å². The van der Waals surface area contributed by atoms with Gasteiger partial charge in [0.05, 0.1) is 0 Å². The van der Waals surface area contributed by atoms with E-state index in [2.05, 4.69) is 17.6 Å². The first-order valence-corrected chi connectivity index (χ1v) is 4.65. The van der Waals surface area contributed by atoms with Gasteiger partial charge in [-0.15, -0.1) is 0 Å². The molecule has 0 amide bonds. The van der Waals surface area contributed by atoms with Gasteiger partial charge in [-0.05, 0) is 5.92 Å². The van der Waals surface area contributed by atoms with E-state index in [0.29, 0.717) is 18.5 Å². The third-order valence-electron chi connectivity index (χ3n) is 2.65. The van der Waals surface area contributed by atoms with Crippen LogP contribution < -0.4 is 22.1 Å². The molecule has 0 saturated carbocycles. The molecular formula is C8H20N4. The lowest BCUT2D eigenvalue weighted by Crippen LogP contribution is -2.56. The molecule has 0 aromatic heterocycles. The summed E-state index contributed by atoms with van der Waals surface area (Å²) in [5.74, 6) is 0.447. The fraction of sp³-hybridized carbons (Fsp3) is 1.00. The van der Waals surface area contributed by atoms with Crippen molar-refractivity contribution >= 4 is 0 Å². The lowest BCUT2D eigenvalue weighted by Gasteiger charge is -2.32. The summed E-state index contributed by atoms with van der Waals surface area (Å²) in [6.45, 7) is 5.82. The van der Waals surface area contributed by atoms with Crippen LogP contribution in [-0.4, -0.2) is 38.3 Å². The molecule has 6 N–H and O–H groups in total. The molecule has 0 aliphatic carbocycles. The fourth-order valence-electron chi connectivity index (χ4n) is 1.56. The highest BCUT2D eigenvalue weighted by Gasteiger charge is 2.23. The number of nitrogens with one attached hydrogen (secondary N) is 2. The van der Waals surface area contributed by atoms with E-state index < -0.39 is 0 Å². The third-order valence-corrected chi connectivity index (χ3v) is 2.65. The van der Waals surface area contributed by atoms with Crippen LogP contribution in [0, 0.1) is 5.92 Å². The van der Waals surface area contributed by atoms with Crippen LogP contribution in [0.2, 0.25) is 0 Å². The molecule has 3 unspecified atom stereocenters. The van der Waals surface area contributed by atoms with E-state index in [-0.39, 0.29) is 6.04 Å². The first-order valence-electron chi connectivity index (χ1n) is 4.65. The predicted octanol–water partition coefficient (Wildman–Crippen LogP) is -1.53. The van der Waals surface area contributed by atoms with Crippen LogP contribution in [0.5, 0.6) is 0 Å². The molecule has 0 bridgehead atoms. The Morgan fingerprint density at radius 3 is 2.75 bits per heavy atom. The topological polar surface area (TPSA) is 76.1 Å². The van der Waals surface area contributed by atoms with Crippen molar-refractivity contribution < 1.29 is 0 Å². The van der Waals surface area contributed by atoms with E-state index in [4.69, 9.17) is 11.5 Å². The van der Waals surface area contributed by atoms with Gasteiger partial charge < -0.3 is 22.1 Å². The Bertz CT molecular complexity index is 122. The Labute approximate surface area is 74.1 Å². The zero-order chi connectivity index (χ0) is 8.97. The van der Waals surface area contributed by atoms with Gasteiger partial charge in [0, 0.05) is 38.3 Å². The van der Waals surface area contributed by atoms with Crippen molar-refractivity contribution in [1.82, 2.24) is 10.6 Å². The molecule has 1 rings (SSSR count). The van der Waals surface area contributed by atoms with Crippen molar-refractivity contribution in [3.8, 4) is 0 Å². The van der Waals surface area contributed by atoms with Gasteiger partial charge in [0.2, 0.25) is 0 Å². The maximum atomic E-state index is 5.85. The molecule has 72 valence electrons. The van der Waals surface area contributed by atoms with Gasteiger partial charge in [-0.2, -0.15) is 0 Å². The van der Waals surface area contributed by atoms with Crippen LogP contribution >= 0.6 is 0 Å². The molecule has 1 aliphatic heterocycles. The first kappa shape index (κ1) is 9.92. The Kier molecular flexibility index (Phi) is 3.94. The molecule has 0 spiro atoms. The van der Waals surface area contributed by atoms with Crippen molar-refractivity contribution in [1.29, 1.82) is 0 Å². The van der Waals surface area contributed by atoms with E-state index in [1.54, 1.807) is 0 Å². The molecule has 0 radical (unpaired) electrons. The highest BCUT2D eigenvalue weighted by atomic mass is 15.1. The number of rotatable bonds is 3. The molecule has 0 aromatic carbocycles. The molecule has 1 heterocycles. The van der Waals surface area contributed by atoms with Crippen LogP contribution in [0.3, 0.4) is 0 Å². The molecule has 4 heteroatoms. The standard InChI is InChI=1S/C8H20N4/c1-6(7(10)4-9)8-5-11-2-3-12-8/h6-8,11-12H,2-5,9-10H2,1H3. The van der Waals surface area contributed by atoms with Gasteiger partial charge >= 0.3 is 0 Å². The van der Waals surface area contributed by atoms with Gasteiger partial charge in [-0.1, -0.05) is 6.92 Å². The molecular weight excluding hydrogens is 152 g/mol. The smallest absolute Gasteiger partial charge is 0.0233 e. The Morgan fingerprint density at radius 2 is 2.25 bits per heavy atom. The van der Waals surface area contributed by atoms with Crippen molar-refractivity contribution in [3.63, 3.8) is 0 Å². The van der Waals surface area contributed by atoms with Gasteiger partial charge in [-0.25, -0.2) is 0 Å². The highest BCUT2D eigenvalue weighted by Crippen LogP contribution is 2.07. The molecule has 1 saturated heterocycles. The quantitative estimate of drug-likeness (QED) is 0.416. The van der Waals surface area contributed by atoms with E-state index >= 15 is 0 Å². The van der Waals surface area contributed by atoms with Crippen LogP contribution in [0.25, 0.3) is 0 Å². The molecule has 12 heavy (non-hydrogen) atoms. The Hall–Kier alpha value is -0.160. The van der Waals surface area contributed by atoms with Crippen LogP contribution in [0.4, 0.5) is 0 Å². The maximum Gasteiger partial charge on any atom is 0.0233 e. The predicted molar refractivity (Wildman–Crippen MR) is 50.9 cm³/mol. The van der Waals surface area contributed by atoms with Crippen molar-refractivity contribution in [2.75, 3.05) is 26.2 Å². The van der Waals surface area contributed by atoms with Crippen molar-refractivity contribution in [2.24, 2.45) is 17.4 Å². The van der Waals surface area contributed by atoms with Gasteiger partial charge in [0.15, 0.2) is 0 Å². The van der Waals surface area contributed by atoms with Gasteiger partial charge in [0.25, 0.3) is 0 Å². The molecule has 1 aliphatic rings. The van der Waals surface area contributed by atoms with Crippen LogP contribution in [0.15, 0.2) is 0 Å². The van der Waals surface area contributed by atoms with Crippen LogP contribution in [0.1, 0.15) is 6.92 Å². The summed E-state index contributed by atoms with van der Waals surface area (Å²) >= 11 is 0. The number of piperazine rings is 1. The van der Waals surface area contributed by atoms with E-state index in [1.807, 2.05) is 0 Å². The zero-order valence-corrected chi connectivity index (χ0v) is 7.72. The monoisotopic (exact) mass is 172 g/mol. The fourth-order valence-corrected chi connectivity index (χ4v) is 1.56. The second-order valence-corrected chi connectivity index (χ2v) is 3.52. The average Bonchev–Trinajstić information content (AvgIpc) is 2.17. The van der Waals surface area contributed by atoms with Crippen LogP contribution in [-0.2, 0) is 0 Å². The SMILES string of the molecule is CC(C(N)CN)C1CNCCN1.